The molecule has 0 spiro atoms. The number of para-hydroxylation sites is 1. The fourth-order valence-electron chi connectivity index (χ4n) is 12.2. The molecule has 61 heavy (non-hydrogen) atoms. The number of hydrogen-bond donors (Lipinski definition) is 3. The molecule has 0 saturated heterocycles. The molecule has 1 amide bonds. The van der Waals surface area contributed by atoms with E-state index in [-0.39, 0.29) is 33.4 Å². The van der Waals surface area contributed by atoms with Crippen molar-refractivity contribution in [1.82, 2.24) is 25.1 Å². The van der Waals surface area contributed by atoms with Crippen LogP contribution < -0.4 is 15.5 Å². The Balaban J connectivity index is 0.903. The van der Waals surface area contributed by atoms with Crippen LogP contribution in [-0.2, 0) is 33.7 Å². The first kappa shape index (κ1) is 41.6. The van der Waals surface area contributed by atoms with Gasteiger partial charge < -0.3 is 29.5 Å². The summed E-state index contributed by atoms with van der Waals surface area (Å²) in [6, 6.07) is 17.4. The van der Waals surface area contributed by atoms with Gasteiger partial charge in [-0.1, -0.05) is 49.4 Å². The molecule has 1 unspecified atom stereocenters. The van der Waals surface area contributed by atoms with E-state index in [0.717, 1.165) is 77.8 Å². The number of nitrogens with one attached hydrogen (secondary N) is 2. The van der Waals surface area contributed by atoms with E-state index in [9.17, 15) is 14.7 Å². The zero-order valence-corrected chi connectivity index (χ0v) is 36.5. The van der Waals surface area contributed by atoms with Gasteiger partial charge in [0.25, 0.3) is 5.91 Å². The van der Waals surface area contributed by atoms with Crippen molar-refractivity contribution in [2.75, 3.05) is 63.4 Å². The summed E-state index contributed by atoms with van der Waals surface area (Å²) in [5.74, 6) is -0.757. The highest BCUT2D eigenvalue weighted by Crippen LogP contribution is 2.72. The predicted molar refractivity (Wildman–Crippen MR) is 237 cm³/mol. The average Bonchev–Trinajstić information content (AvgIpc) is 3.79. The van der Waals surface area contributed by atoms with Crippen molar-refractivity contribution in [2.45, 2.75) is 84.4 Å². The number of carboxylic acid groups (broad SMARTS) is 1. The van der Waals surface area contributed by atoms with Crippen molar-refractivity contribution in [3.05, 3.63) is 88.9 Å². The molecule has 4 atom stereocenters. The molecule has 1 aliphatic heterocycles. The number of carbonyl (C=O) groups excluding carboxylic acids is 1. The van der Waals surface area contributed by atoms with Gasteiger partial charge in [0.15, 0.2) is 10.8 Å². The lowest BCUT2D eigenvalue weighted by molar-refractivity contribution is -0.250. The minimum atomic E-state index is -1.09. The van der Waals surface area contributed by atoms with Crippen molar-refractivity contribution >= 4 is 44.4 Å². The summed E-state index contributed by atoms with van der Waals surface area (Å²) >= 11 is 1.44. The van der Waals surface area contributed by atoms with Gasteiger partial charge in [-0.2, -0.15) is 5.10 Å². The topological polar surface area (TPSA) is 153 Å². The van der Waals surface area contributed by atoms with Crippen LogP contribution in [0.4, 0.5) is 10.9 Å². The lowest BCUT2D eigenvalue weighted by Gasteiger charge is -2.69. The molecule has 4 aliphatic carbocycles. The number of pyridine rings is 1. The van der Waals surface area contributed by atoms with Crippen molar-refractivity contribution in [3.63, 3.8) is 0 Å². The summed E-state index contributed by atoms with van der Waals surface area (Å²) in [4.78, 5) is 38.0. The standard InChI is InChI=1S/C47H57N7O6S/c1-31-35(22-49-54(31)30-46-25-44(2)24-45(3,26-46)28-47(27-44,29-46)60-21-20-59-19-18-58-17-15-48-4)33-12-13-39(51-40(33)42(56)57)53-16-14-32-8-7-9-34(36(32)23-53)41(55)52-43-50-37-10-5-6-11-38(37)61-43/h5-13,22,48H,14-21,23-30H2,1-4H3,(H,56,57)(H,50,52,55)/t44-,45+,46?,47-. The number of carbonyl (C=O) groups is 2. The summed E-state index contributed by atoms with van der Waals surface area (Å²) in [5.41, 5.74) is 5.84. The highest BCUT2D eigenvalue weighted by Gasteiger charge is 2.66. The third kappa shape index (κ3) is 8.45. The highest BCUT2D eigenvalue weighted by molar-refractivity contribution is 7.22. The Morgan fingerprint density at radius 1 is 0.869 bits per heavy atom. The Morgan fingerprint density at radius 2 is 1.64 bits per heavy atom. The first-order valence-electron chi connectivity index (χ1n) is 21.6. The Hall–Kier alpha value is -4.73. The Bertz CT molecular complexity index is 2400. The maximum atomic E-state index is 13.7. The second-order valence-electron chi connectivity index (χ2n) is 18.8. The molecule has 4 fully saturated rings. The second kappa shape index (κ2) is 16.5. The number of thiazole rings is 1. The lowest BCUT2D eigenvalue weighted by Crippen LogP contribution is -2.64. The van der Waals surface area contributed by atoms with Gasteiger partial charge in [-0.05, 0) is 117 Å². The molecule has 3 aromatic heterocycles. The van der Waals surface area contributed by atoms with Crippen molar-refractivity contribution in [1.29, 1.82) is 0 Å². The van der Waals surface area contributed by atoms with Gasteiger partial charge in [0, 0.05) is 48.6 Å². The van der Waals surface area contributed by atoms with Crippen LogP contribution in [0.2, 0.25) is 0 Å². The van der Waals surface area contributed by atoms with Gasteiger partial charge in [0.2, 0.25) is 0 Å². The number of benzene rings is 2. The molecular weight excluding hydrogens is 791 g/mol. The number of carboxylic acids is 1. The number of anilines is 2. The molecule has 2 aromatic carbocycles. The zero-order valence-electron chi connectivity index (χ0n) is 35.7. The van der Waals surface area contributed by atoms with Crippen molar-refractivity contribution < 1.29 is 28.9 Å². The predicted octanol–water partition coefficient (Wildman–Crippen LogP) is 7.76. The van der Waals surface area contributed by atoms with Gasteiger partial charge in [0.1, 0.15) is 5.82 Å². The van der Waals surface area contributed by atoms with Crippen molar-refractivity contribution in [2.24, 2.45) is 16.2 Å². The minimum Gasteiger partial charge on any atom is -0.476 e. The number of aromatic carboxylic acids is 1. The number of rotatable bonds is 17. The molecule has 10 rings (SSSR count). The van der Waals surface area contributed by atoms with E-state index in [4.69, 9.17) is 24.3 Å². The Morgan fingerprint density at radius 3 is 2.41 bits per heavy atom. The van der Waals surface area contributed by atoms with Gasteiger partial charge in [-0.25, -0.2) is 14.8 Å². The normalized spacial score (nSPS) is 25.3. The zero-order chi connectivity index (χ0) is 42.4. The van der Waals surface area contributed by atoms with Crippen LogP contribution in [0.5, 0.6) is 0 Å². The van der Waals surface area contributed by atoms with E-state index in [1.807, 2.05) is 68.7 Å². The number of likely N-dealkylation sites (N-methyl/N-ethyl adjacent to an activating group) is 1. The van der Waals surface area contributed by atoms with Crippen LogP contribution >= 0.6 is 11.3 Å². The van der Waals surface area contributed by atoms with Gasteiger partial charge in [-0.15, -0.1) is 0 Å². The third-order valence-electron chi connectivity index (χ3n) is 13.5. The number of ether oxygens (including phenoxy) is 3. The number of nitrogens with zero attached hydrogens (tertiary/aromatic N) is 5. The first-order chi connectivity index (χ1) is 29.4. The number of aromatic nitrogens is 4. The largest absolute Gasteiger partial charge is 0.476 e. The van der Waals surface area contributed by atoms with Crippen LogP contribution in [0, 0.1) is 23.2 Å². The summed E-state index contributed by atoms with van der Waals surface area (Å²) in [6.45, 7) is 12.5. The lowest BCUT2D eigenvalue weighted by atomic mass is 9.39. The number of amides is 1. The van der Waals surface area contributed by atoms with Gasteiger partial charge in [-0.3, -0.25) is 14.8 Å². The van der Waals surface area contributed by atoms with E-state index in [1.54, 1.807) is 0 Å². The summed E-state index contributed by atoms with van der Waals surface area (Å²) < 4.78 is 21.4. The molecule has 322 valence electrons. The smallest absolute Gasteiger partial charge is 0.355 e. The molecule has 4 heterocycles. The SMILES string of the molecule is CNCCOCCOCCO[C@@]12CC3(Cn4ncc(-c5ccc(N6CCc7cccc(C(=O)Nc8nc9ccccc9s8)c7C6)nc5C(=O)O)c4C)C[C@@](C)(C[C@@](C)(C3)C1)C2. The first-order valence-corrected chi connectivity index (χ1v) is 22.4. The maximum Gasteiger partial charge on any atom is 0.355 e. The van der Waals surface area contributed by atoms with Crippen LogP contribution in [-0.4, -0.2) is 95.5 Å². The molecular formula is C47H57N7O6S. The highest BCUT2D eigenvalue weighted by atomic mass is 32.1. The summed E-state index contributed by atoms with van der Waals surface area (Å²) in [5, 5.41) is 22.1. The van der Waals surface area contributed by atoms with Crippen LogP contribution in [0.25, 0.3) is 21.3 Å². The Labute approximate surface area is 361 Å². The molecule has 14 heteroatoms. The van der Waals surface area contributed by atoms with Crippen LogP contribution in [0.3, 0.4) is 0 Å². The van der Waals surface area contributed by atoms with E-state index in [2.05, 4.69) is 45.1 Å². The fourth-order valence-corrected chi connectivity index (χ4v) is 13.1. The van der Waals surface area contributed by atoms with Gasteiger partial charge >= 0.3 is 5.97 Å². The number of hydrogen-bond acceptors (Lipinski definition) is 11. The average molecular weight is 848 g/mol. The van der Waals surface area contributed by atoms with Crippen molar-refractivity contribution in [3.8, 4) is 11.1 Å². The summed E-state index contributed by atoms with van der Waals surface area (Å²) in [7, 11) is 1.91. The molecule has 0 radical (unpaired) electrons. The van der Waals surface area contributed by atoms with Crippen LogP contribution in [0.1, 0.15) is 90.0 Å². The maximum absolute atomic E-state index is 13.7. The van der Waals surface area contributed by atoms with E-state index in [1.165, 1.54) is 17.8 Å². The van der Waals surface area contributed by atoms with Gasteiger partial charge in [0.05, 0.1) is 55.0 Å². The minimum absolute atomic E-state index is 0.0123. The molecule has 4 saturated carbocycles. The van der Waals surface area contributed by atoms with E-state index < -0.39 is 5.97 Å². The molecule has 13 nitrogen and oxygen atoms in total. The third-order valence-corrected chi connectivity index (χ3v) is 14.4. The Kier molecular flexibility index (Phi) is 11.3. The second-order valence-corrected chi connectivity index (χ2v) is 19.8. The van der Waals surface area contributed by atoms with E-state index in [0.29, 0.717) is 74.6 Å². The quantitative estimate of drug-likeness (QED) is 0.0788. The molecule has 4 bridgehead atoms. The van der Waals surface area contributed by atoms with E-state index >= 15 is 0 Å². The molecule has 5 aliphatic rings. The monoisotopic (exact) mass is 847 g/mol. The van der Waals surface area contributed by atoms with Crippen LogP contribution in [0.15, 0.2) is 60.8 Å². The molecule has 5 aromatic rings. The fraction of sp³-hybridized carbons (Fsp3) is 0.511. The number of fused-ring (bicyclic) bond motifs is 2. The summed E-state index contributed by atoms with van der Waals surface area (Å²) in [6.07, 6.45) is 9.06. The molecule has 3 N–H and O–H groups in total.